The van der Waals surface area contributed by atoms with Crippen LogP contribution in [-0.4, -0.2) is 42.5 Å². The maximum Gasteiger partial charge on any atom is 0.318 e. The smallest absolute Gasteiger partial charge is 0.318 e. The quantitative estimate of drug-likeness (QED) is 0.887. The summed E-state index contributed by atoms with van der Waals surface area (Å²) in [6, 6.07) is 4.17. The highest BCUT2D eigenvalue weighted by molar-refractivity contribution is 5.75. The molecule has 6 heteroatoms. The number of amides is 2. The van der Waals surface area contributed by atoms with Crippen molar-refractivity contribution in [2.45, 2.75) is 69.2 Å². The fraction of sp³-hybridized carbons (Fsp3) is 0.737. The van der Waals surface area contributed by atoms with Gasteiger partial charge in [0.15, 0.2) is 5.79 Å². The molecule has 0 radical (unpaired) electrons. The molecule has 1 atom stereocenters. The van der Waals surface area contributed by atoms with E-state index in [1.54, 1.807) is 6.26 Å². The van der Waals surface area contributed by atoms with E-state index in [2.05, 4.69) is 5.32 Å². The van der Waals surface area contributed by atoms with Gasteiger partial charge in [0.05, 0.1) is 25.5 Å². The number of carbonyl (C=O) groups is 1. The predicted molar refractivity (Wildman–Crippen MR) is 92.0 cm³/mol. The van der Waals surface area contributed by atoms with Crippen molar-refractivity contribution in [3.05, 3.63) is 24.2 Å². The van der Waals surface area contributed by atoms with Crippen LogP contribution >= 0.6 is 0 Å². The molecule has 1 aliphatic carbocycles. The lowest BCUT2D eigenvalue weighted by molar-refractivity contribution is -0.179. The van der Waals surface area contributed by atoms with Crippen LogP contribution in [0, 0.1) is 0 Å². The summed E-state index contributed by atoms with van der Waals surface area (Å²) in [7, 11) is 0. The molecule has 1 aromatic rings. The van der Waals surface area contributed by atoms with E-state index >= 15 is 0 Å². The predicted octanol–water partition coefficient (Wildman–Crippen LogP) is 3.59. The molecule has 0 bridgehead atoms. The van der Waals surface area contributed by atoms with Crippen molar-refractivity contribution >= 4 is 6.03 Å². The summed E-state index contributed by atoms with van der Waals surface area (Å²) >= 11 is 0. The molecule has 0 aromatic carbocycles. The summed E-state index contributed by atoms with van der Waals surface area (Å²) < 4.78 is 17.2. The van der Waals surface area contributed by atoms with Crippen LogP contribution in [0.5, 0.6) is 0 Å². The van der Waals surface area contributed by atoms with Crippen LogP contribution in [0.15, 0.2) is 22.8 Å². The average molecular weight is 348 g/mol. The van der Waals surface area contributed by atoms with Crippen molar-refractivity contribution in [1.29, 1.82) is 0 Å². The summed E-state index contributed by atoms with van der Waals surface area (Å²) in [6.07, 6.45) is 9.56. The van der Waals surface area contributed by atoms with E-state index in [0.29, 0.717) is 13.2 Å². The van der Waals surface area contributed by atoms with Gasteiger partial charge in [-0.1, -0.05) is 12.8 Å². The van der Waals surface area contributed by atoms with Gasteiger partial charge in [0.1, 0.15) is 5.76 Å². The number of likely N-dealkylation sites (tertiary alicyclic amines) is 1. The number of carbonyl (C=O) groups excluding carboxylic acids is 1. The van der Waals surface area contributed by atoms with Crippen molar-refractivity contribution in [3.63, 3.8) is 0 Å². The number of hydrogen-bond acceptors (Lipinski definition) is 4. The molecule has 3 aliphatic rings. The third-order valence-corrected chi connectivity index (χ3v) is 5.77. The van der Waals surface area contributed by atoms with Crippen molar-refractivity contribution in [2.24, 2.45) is 0 Å². The average Bonchev–Trinajstić information content (AvgIpc) is 3.25. The van der Waals surface area contributed by atoms with Crippen molar-refractivity contribution in [1.82, 2.24) is 10.2 Å². The third-order valence-electron chi connectivity index (χ3n) is 5.77. The fourth-order valence-corrected chi connectivity index (χ4v) is 4.37. The summed E-state index contributed by atoms with van der Waals surface area (Å²) in [5.74, 6) is 0.521. The molecular formula is C19H28N2O4. The monoisotopic (exact) mass is 348 g/mol. The highest BCUT2D eigenvalue weighted by atomic mass is 16.7. The van der Waals surface area contributed by atoms with Gasteiger partial charge in [-0.3, -0.25) is 0 Å². The molecule has 25 heavy (non-hydrogen) atoms. The maximum atomic E-state index is 12.9. The van der Waals surface area contributed by atoms with Gasteiger partial charge in [0.2, 0.25) is 0 Å². The minimum Gasteiger partial charge on any atom is -0.467 e. The Labute approximate surface area is 148 Å². The number of urea groups is 1. The molecule has 1 aromatic heterocycles. The molecule has 1 saturated carbocycles. The first kappa shape index (κ1) is 16.9. The van der Waals surface area contributed by atoms with Crippen molar-refractivity contribution in [2.75, 3.05) is 19.8 Å². The van der Waals surface area contributed by atoms with E-state index in [0.717, 1.165) is 57.3 Å². The second kappa shape index (κ2) is 7.38. The standard InChI is InChI=1S/C19H28N2O4/c22-18(20-15-7-9-19(10-8-15)24-13-14-25-19)21-11-3-1-2-5-16(21)17-6-4-12-23-17/h4,6,12,15-16H,1-3,5,7-11,13-14H2,(H,20,22)/t16-/m0/s1. The summed E-state index contributed by atoms with van der Waals surface area (Å²) in [5, 5.41) is 3.25. The first-order valence-corrected chi connectivity index (χ1v) is 9.64. The number of nitrogens with zero attached hydrogens (tertiary/aromatic N) is 1. The summed E-state index contributed by atoms with van der Waals surface area (Å²) in [4.78, 5) is 14.9. The number of ether oxygens (including phenoxy) is 2. The highest BCUT2D eigenvalue weighted by Crippen LogP contribution is 2.36. The Kier molecular flexibility index (Phi) is 4.99. The molecule has 1 spiro atoms. The highest BCUT2D eigenvalue weighted by Gasteiger charge is 2.41. The normalized spacial score (nSPS) is 27.4. The Morgan fingerprint density at radius 1 is 1.12 bits per heavy atom. The first-order chi connectivity index (χ1) is 12.3. The van der Waals surface area contributed by atoms with Crippen LogP contribution in [0.2, 0.25) is 0 Å². The zero-order chi connectivity index (χ0) is 17.1. The zero-order valence-corrected chi connectivity index (χ0v) is 14.7. The van der Waals surface area contributed by atoms with Crippen molar-refractivity contribution in [3.8, 4) is 0 Å². The van der Waals surface area contributed by atoms with Gasteiger partial charge in [-0.15, -0.1) is 0 Å². The molecule has 6 nitrogen and oxygen atoms in total. The van der Waals surface area contributed by atoms with Gasteiger partial charge in [0, 0.05) is 25.4 Å². The molecule has 3 heterocycles. The second-order valence-corrected chi connectivity index (χ2v) is 7.41. The van der Waals surface area contributed by atoms with Crippen LogP contribution in [0.1, 0.15) is 63.2 Å². The number of nitrogens with one attached hydrogen (secondary N) is 1. The van der Waals surface area contributed by atoms with E-state index in [9.17, 15) is 4.79 Å². The van der Waals surface area contributed by atoms with Crippen LogP contribution in [0.4, 0.5) is 4.79 Å². The Morgan fingerprint density at radius 3 is 2.64 bits per heavy atom. The van der Waals surface area contributed by atoms with Crippen LogP contribution in [0.3, 0.4) is 0 Å². The van der Waals surface area contributed by atoms with Crippen LogP contribution in [0.25, 0.3) is 0 Å². The lowest BCUT2D eigenvalue weighted by atomic mass is 9.90. The van der Waals surface area contributed by atoms with Gasteiger partial charge in [-0.2, -0.15) is 0 Å². The zero-order valence-electron chi connectivity index (χ0n) is 14.7. The first-order valence-electron chi connectivity index (χ1n) is 9.64. The molecule has 0 unspecified atom stereocenters. The van der Waals surface area contributed by atoms with Gasteiger partial charge in [-0.05, 0) is 37.8 Å². The minimum atomic E-state index is -0.374. The lowest BCUT2D eigenvalue weighted by Gasteiger charge is -2.37. The Balaban J connectivity index is 1.37. The molecular weight excluding hydrogens is 320 g/mol. The lowest BCUT2D eigenvalue weighted by Crippen LogP contribution is -2.49. The van der Waals surface area contributed by atoms with Crippen LogP contribution < -0.4 is 5.32 Å². The van der Waals surface area contributed by atoms with Crippen molar-refractivity contribution < 1.29 is 18.7 Å². The maximum absolute atomic E-state index is 12.9. The van der Waals surface area contributed by atoms with E-state index in [4.69, 9.17) is 13.9 Å². The Hall–Kier alpha value is -1.53. The van der Waals surface area contributed by atoms with Gasteiger partial charge in [-0.25, -0.2) is 4.79 Å². The second-order valence-electron chi connectivity index (χ2n) is 7.41. The molecule has 1 N–H and O–H groups in total. The van der Waals surface area contributed by atoms with Crippen LogP contribution in [-0.2, 0) is 9.47 Å². The van der Waals surface area contributed by atoms with Gasteiger partial charge < -0.3 is 24.1 Å². The molecule has 2 saturated heterocycles. The van der Waals surface area contributed by atoms with Gasteiger partial charge in [0.25, 0.3) is 0 Å². The van der Waals surface area contributed by atoms with E-state index in [1.807, 2.05) is 17.0 Å². The fourth-order valence-electron chi connectivity index (χ4n) is 4.37. The topological polar surface area (TPSA) is 63.9 Å². The Morgan fingerprint density at radius 2 is 1.92 bits per heavy atom. The van der Waals surface area contributed by atoms with E-state index in [1.165, 1.54) is 6.42 Å². The van der Waals surface area contributed by atoms with E-state index in [-0.39, 0.29) is 23.9 Å². The summed E-state index contributed by atoms with van der Waals surface area (Å²) in [6.45, 7) is 2.17. The molecule has 3 fully saturated rings. The molecule has 138 valence electrons. The molecule has 4 rings (SSSR count). The molecule has 2 aliphatic heterocycles. The number of furan rings is 1. The molecule has 2 amide bonds. The summed E-state index contributed by atoms with van der Waals surface area (Å²) in [5.41, 5.74) is 0. The van der Waals surface area contributed by atoms with E-state index < -0.39 is 0 Å². The third kappa shape index (κ3) is 3.70. The number of rotatable bonds is 2. The minimum absolute atomic E-state index is 0.0394. The largest absolute Gasteiger partial charge is 0.467 e. The SMILES string of the molecule is O=C(NC1CCC2(CC1)OCCO2)N1CCCCC[C@H]1c1ccco1. The number of hydrogen-bond donors (Lipinski definition) is 1. The van der Waals surface area contributed by atoms with Gasteiger partial charge >= 0.3 is 6.03 Å². The Bertz CT molecular complexity index is 558.